The largest absolute Gasteiger partial charge is 0.478 e. The Morgan fingerprint density at radius 2 is 2.28 bits per heavy atom. The molecule has 0 aliphatic carbocycles. The van der Waals surface area contributed by atoms with E-state index in [1.807, 2.05) is 6.92 Å². The minimum absolute atomic E-state index is 0.362. The predicted molar refractivity (Wildman–Crippen MR) is 62.7 cm³/mol. The Morgan fingerprint density at radius 1 is 1.50 bits per heavy atom. The van der Waals surface area contributed by atoms with E-state index >= 15 is 0 Å². The number of benzene rings is 1. The summed E-state index contributed by atoms with van der Waals surface area (Å²) < 4.78 is 15.0. The normalized spacial score (nSPS) is 10.6. The quantitative estimate of drug-likeness (QED) is 0.901. The summed E-state index contributed by atoms with van der Waals surface area (Å²) in [6.07, 6.45) is 2.28. The van der Waals surface area contributed by atoms with Crippen LogP contribution in [0.3, 0.4) is 0 Å². The van der Waals surface area contributed by atoms with Gasteiger partial charge in [-0.2, -0.15) is 5.10 Å². The molecule has 1 N–H and O–H groups in total. The number of aryl methyl sites for hydroxylation is 1. The van der Waals surface area contributed by atoms with E-state index in [4.69, 9.17) is 5.11 Å². The number of aromatic nitrogens is 3. The van der Waals surface area contributed by atoms with Crippen LogP contribution in [0, 0.1) is 5.82 Å². The van der Waals surface area contributed by atoms with Gasteiger partial charge in [-0.15, -0.1) is 0 Å². The predicted octanol–water partition coefficient (Wildman–Crippen LogP) is 2.19. The molecule has 0 bridgehead atoms. The minimum atomic E-state index is -1.30. The van der Waals surface area contributed by atoms with Crippen LogP contribution in [-0.2, 0) is 6.54 Å². The Morgan fingerprint density at radius 3 is 2.94 bits per heavy atom. The molecular weight excluding hydrogens is 237 g/mol. The summed E-state index contributed by atoms with van der Waals surface area (Å²) in [6.45, 7) is 2.67. The van der Waals surface area contributed by atoms with Crippen molar-refractivity contribution in [3.05, 3.63) is 35.9 Å². The number of aromatic carboxylic acids is 1. The lowest BCUT2D eigenvalue weighted by Gasteiger charge is -2.05. The van der Waals surface area contributed by atoms with Crippen molar-refractivity contribution in [2.45, 2.75) is 19.9 Å². The maximum Gasteiger partial charge on any atom is 0.338 e. The lowest BCUT2D eigenvalue weighted by Crippen LogP contribution is -2.04. The van der Waals surface area contributed by atoms with Crippen molar-refractivity contribution in [2.75, 3.05) is 0 Å². The highest BCUT2D eigenvalue weighted by Gasteiger charge is 2.14. The van der Waals surface area contributed by atoms with E-state index in [9.17, 15) is 9.18 Å². The standard InChI is InChI=1S/C12H12FN3O2/c1-2-5-16-11(14-7-15-16)8-3-4-10(13)9(6-8)12(17)18/h3-4,6-7H,2,5H2,1H3,(H,17,18). The molecule has 0 spiro atoms. The summed E-state index contributed by atoms with van der Waals surface area (Å²) >= 11 is 0. The summed E-state index contributed by atoms with van der Waals surface area (Å²) in [5.74, 6) is -1.51. The molecular formula is C12H12FN3O2. The number of carbonyl (C=O) groups is 1. The molecule has 94 valence electrons. The molecule has 2 aromatic rings. The number of carboxylic acids is 1. The highest BCUT2D eigenvalue weighted by atomic mass is 19.1. The lowest BCUT2D eigenvalue weighted by atomic mass is 10.1. The third-order valence-electron chi connectivity index (χ3n) is 2.51. The van der Waals surface area contributed by atoms with Gasteiger partial charge in [0, 0.05) is 12.1 Å². The van der Waals surface area contributed by atoms with Crippen molar-refractivity contribution in [3.63, 3.8) is 0 Å². The third-order valence-corrected chi connectivity index (χ3v) is 2.51. The van der Waals surface area contributed by atoms with Crippen LogP contribution in [0.2, 0.25) is 0 Å². The Labute approximate surface area is 103 Å². The van der Waals surface area contributed by atoms with Crippen LogP contribution >= 0.6 is 0 Å². The van der Waals surface area contributed by atoms with Crippen LogP contribution in [0.25, 0.3) is 11.4 Å². The van der Waals surface area contributed by atoms with E-state index in [1.54, 1.807) is 4.68 Å². The number of rotatable bonds is 4. The average Bonchev–Trinajstić information content (AvgIpc) is 2.78. The molecule has 2 rings (SSSR count). The first-order chi connectivity index (χ1) is 8.63. The number of nitrogens with zero attached hydrogens (tertiary/aromatic N) is 3. The second-order valence-corrected chi connectivity index (χ2v) is 3.81. The van der Waals surface area contributed by atoms with Crippen molar-refractivity contribution < 1.29 is 14.3 Å². The molecule has 0 aliphatic heterocycles. The number of carboxylic acid groups (broad SMARTS) is 1. The van der Waals surface area contributed by atoms with Gasteiger partial charge in [0.2, 0.25) is 0 Å². The summed E-state index contributed by atoms with van der Waals surface area (Å²) in [4.78, 5) is 14.9. The highest BCUT2D eigenvalue weighted by molar-refractivity contribution is 5.89. The van der Waals surface area contributed by atoms with E-state index in [0.717, 1.165) is 12.5 Å². The fourth-order valence-corrected chi connectivity index (χ4v) is 1.69. The molecule has 0 saturated heterocycles. The van der Waals surface area contributed by atoms with Crippen molar-refractivity contribution in [1.82, 2.24) is 14.8 Å². The van der Waals surface area contributed by atoms with Crippen LogP contribution < -0.4 is 0 Å². The zero-order chi connectivity index (χ0) is 13.1. The smallest absolute Gasteiger partial charge is 0.338 e. The topological polar surface area (TPSA) is 68.0 Å². The fourth-order valence-electron chi connectivity index (χ4n) is 1.69. The maximum absolute atomic E-state index is 13.3. The van der Waals surface area contributed by atoms with Crippen LogP contribution in [0.5, 0.6) is 0 Å². The van der Waals surface area contributed by atoms with Crippen molar-refractivity contribution in [2.24, 2.45) is 0 Å². The van der Waals surface area contributed by atoms with E-state index in [2.05, 4.69) is 10.1 Å². The van der Waals surface area contributed by atoms with E-state index < -0.39 is 11.8 Å². The average molecular weight is 249 g/mol. The first kappa shape index (κ1) is 12.2. The van der Waals surface area contributed by atoms with Crippen LogP contribution in [0.4, 0.5) is 4.39 Å². The van der Waals surface area contributed by atoms with Crippen LogP contribution in [0.1, 0.15) is 23.7 Å². The summed E-state index contributed by atoms with van der Waals surface area (Å²) in [7, 11) is 0. The molecule has 0 saturated carbocycles. The zero-order valence-corrected chi connectivity index (χ0v) is 9.80. The van der Waals surface area contributed by atoms with Gasteiger partial charge in [-0.05, 0) is 24.6 Å². The number of halogens is 1. The van der Waals surface area contributed by atoms with Gasteiger partial charge in [-0.25, -0.2) is 18.9 Å². The molecule has 0 radical (unpaired) electrons. The molecule has 0 unspecified atom stereocenters. The van der Waals surface area contributed by atoms with Crippen molar-refractivity contribution >= 4 is 5.97 Å². The molecule has 0 fully saturated rings. The van der Waals surface area contributed by atoms with Gasteiger partial charge in [0.05, 0.1) is 5.56 Å². The van der Waals surface area contributed by atoms with Gasteiger partial charge in [0.15, 0.2) is 5.82 Å². The first-order valence-corrected chi connectivity index (χ1v) is 5.54. The summed E-state index contributed by atoms with van der Waals surface area (Å²) in [5, 5.41) is 12.9. The summed E-state index contributed by atoms with van der Waals surface area (Å²) in [6, 6.07) is 3.90. The summed E-state index contributed by atoms with van der Waals surface area (Å²) in [5.41, 5.74) is 0.179. The van der Waals surface area contributed by atoms with Gasteiger partial charge in [-0.1, -0.05) is 6.92 Å². The molecule has 0 amide bonds. The van der Waals surface area contributed by atoms with Gasteiger partial charge < -0.3 is 5.11 Å². The van der Waals surface area contributed by atoms with Crippen molar-refractivity contribution in [1.29, 1.82) is 0 Å². The van der Waals surface area contributed by atoms with Gasteiger partial charge >= 0.3 is 5.97 Å². The molecule has 6 heteroatoms. The fraction of sp³-hybridized carbons (Fsp3) is 0.250. The van der Waals surface area contributed by atoms with Crippen molar-refractivity contribution in [3.8, 4) is 11.4 Å². The lowest BCUT2D eigenvalue weighted by molar-refractivity contribution is 0.0692. The first-order valence-electron chi connectivity index (χ1n) is 5.54. The minimum Gasteiger partial charge on any atom is -0.478 e. The Balaban J connectivity index is 2.47. The molecule has 18 heavy (non-hydrogen) atoms. The van der Waals surface area contributed by atoms with E-state index in [1.165, 1.54) is 18.5 Å². The maximum atomic E-state index is 13.3. The zero-order valence-electron chi connectivity index (χ0n) is 9.80. The number of hydrogen-bond donors (Lipinski definition) is 1. The second-order valence-electron chi connectivity index (χ2n) is 3.81. The molecule has 1 heterocycles. The Bertz CT molecular complexity index is 580. The monoisotopic (exact) mass is 249 g/mol. The number of hydrogen-bond acceptors (Lipinski definition) is 3. The molecule has 1 aromatic carbocycles. The molecule has 0 aliphatic rings. The molecule has 5 nitrogen and oxygen atoms in total. The van der Waals surface area contributed by atoms with Gasteiger partial charge in [0.1, 0.15) is 12.1 Å². The van der Waals surface area contributed by atoms with E-state index in [-0.39, 0.29) is 5.56 Å². The highest BCUT2D eigenvalue weighted by Crippen LogP contribution is 2.20. The van der Waals surface area contributed by atoms with Gasteiger partial charge in [-0.3, -0.25) is 0 Å². The Kier molecular flexibility index (Phi) is 3.36. The SMILES string of the molecule is CCCn1ncnc1-c1ccc(F)c(C(=O)O)c1. The molecule has 1 aromatic heterocycles. The Hall–Kier alpha value is -2.24. The van der Waals surface area contributed by atoms with Gasteiger partial charge in [0.25, 0.3) is 0 Å². The van der Waals surface area contributed by atoms with Crippen LogP contribution in [0.15, 0.2) is 24.5 Å². The third kappa shape index (κ3) is 2.22. The second kappa shape index (κ2) is 4.95. The van der Waals surface area contributed by atoms with Crippen LogP contribution in [-0.4, -0.2) is 25.8 Å². The van der Waals surface area contributed by atoms with E-state index in [0.29, 0.717) is 17.9 Å². The molecule has 0 atom stereocenters.